The Bertz CT molecular complexity index is 669. The van der Waals surface area contributed by atoms with Gasteiger partial charge in [-0.25, -0.2) is 0 Å². The molecule has 1 saturated heterocycles. The third-order valence-electron chi connectivity index (χ3n) is 6.12. The fraction of sp³-hybridized carbons (Fsp3) is 0.682. The first-order valence-electron chi connectivity index (χ1n) is 10.4. The van der Waals surface area contributed by atoms with Crippen LogP contribution < -0.4 is 9.47 Å². The molecule has 0 bridgehead atoms. The van der Waals surface area contributed by atoms with E-state index in [9.17, 15) is 4.79 Å². The quantitative estimate of drug-likeness (QED) is 0.716. The van der Waals surface area contributed by atoms with Gasteiger partial charge in [-0.1, -0.05) is 0 Å². The Morgan fingerprint density at radius 2 is 1.71 bits per heavy atom. The lowest BCUT2D eigenvalue weighted by Gasteiger charge is -2.35. The second-order valence-corrected chi connectivity index (χ2v) is 8.35. The molecule has 6 nitrogen and oxygen atoms in total. The molecule has 0 unspecified atom stereocenters. The molecule has 0 aliphatic carbocycles. The monoisotopic (exact) mass is 389 g/mol. The summed E-state index contributed by atoms with van der Waals surface area (Å²) >= 11 is 0. The van der Waals surface area contributed by atoms with Crippen molar-refractivity contribution in [3.63, 3.8) is 0 Å². The van der Waals surface area contributed by atoms with E-state index >= 15 is 0 Å². The van der Waals surface area contributed by atoms with Crippen molar-refractivity contribution in [3.05, 3.63) is 23.3 Å². The number of rotatable bonds is 7. The zero-order chi connectivity index (χ0) is 20.1. The molecule has 3 rings (SSSR count). The highest BCUT2D eigenvalue weighted by atomic mass is 16.5. The molecule has 156 valence electrons. The fourth-order valence-corrected chi connectivity index (χ4v) is 4.26. The van der Waals surface area contributed by atoms with Gasteiger partial charge in [0.15, 0.2) is 11.5 Å². The molecule has 1 aromatic rings. The molecule has 6 heteroatoms. The summed E-state index contributed by atoms with van der Waals surface area (Å²) in [5, 5.41) is 0. The lowest BCUT2D eigenvalue weighted by atomic mass is 9.93. The van der Waals surface area contributed by atoms with Crippen molar-refractivity contribution in [2.75, 3.05) is 61.0 Å². The number of nitrogens with zero attached hydrogens (tertiary/aromatic N) is 3. The van der Waals surface area contributed by atoms with Gasteiger partial charge < -0.3 is 19.3 Å². The summed E-state index contributed by atoms with van der Waals surface area (Å²) in [5.41, 5.74) is 2.42. The van der Waals surface area contributed by atoms with Crippen LogP contribution in [0.5, 0.6) is 11.5 Å². The van der Waals surface area contributed by atoms with E-state index in [0.717, 1.165) is 50.0 Å². The van der Waals surface area contributed by atoms with E-state index in [-0.39, 0.29) is 5.91 Å². The molecule has 1 fully saturated rings. The maximum atomic E-state index is 12.9. The molecule has 0 spiro atoms. The van der Waals surface area contributed by atoms with Crippen LogP contribution >= 0.6 is 0 Å². The van der Waals surface area contributed by atoms with Gasteiger partial charge in [0.05, 0.1) is 20.8 Å². The molecule has 1 amide bonds. The lowest BCUT2D eigenvalue weighted by molar-refractivity contribution is -0.133. The number of likely N-dealkylation sites (tertiary alicyclic amines) is 1. The molecule has 0 N–H and O–H groups in total. The van der Waals surface area contributed by atoms with Gasteiger partial charge in [0.1, 0.15) is 0 Å². The van der Waals surface area contributed by atoms with Gasteiger partial charge in [0.2, 0.25) is 5.91 Å². The smallest absolute Gasteiger partial charge is 0.237 e. The van der Waals surface area contributed by atoms with E-state index in [2.05, 4.69) is 30.0 Å². The Balaban J connectivity index is 1.51. The number of amides is 1. The Kier molecular flexibility index (Phi) is 7.18. The van der Waals surface area contributed by atoms with E-state index in [0.29, 0.717) is 13.1 Å². The van der Waals surface area contributed by atoms with E-state index in [1.165, 1.54) is 30.4 Å². The molecule has 28 heavy (non-hydrogen) atoms. The predicted molar refractivity (Wildman–Crippen MR) is 111 cm³/mol. The minimum atomic E-state index is 0.243. The van der Waals surface area contributed by atoms with Crippen LogP contribution in [0, 0.1) is 5.92 Å². The SMILES string of the molecule is COc1cc2c(cc1OC)CN(C(=O)CN1CCC(CCN(C)C)CC1)CC2. The van der Waals surface area contributed by atoms with Crippen molar-refractivity contribution < 1.29 is 14.3 Å². The number of hydrogen-bond acceptors (Lipinski definition) is 5. The van der Waals surface area contributed by atoms with Crippen LogP contribution in [0.25, 0.3) is 0 Å². The third kappa shape index (κ3) is 5.17. The zero-order valence-corrected chi connectivity index (χ0v) is 17.9. The topological polar surface area (TPSA) is 45.3 Å². The number of carbonyl (C=O) groups is 1. The number of fused-ring (bicyclic) bond motifs is 1. The standard InChI is InChI=1S/C22H35N3O3/c1-23(2)9-5-17-6-10-24(11-7-17)16-22(26)25-12-8-18-13-20(27-3)21(28-4)14-19(18)15-25/h13-14,17H,5-12,15-16H2,1-4H3. The Morgan fingerprint density at radius 3 is 2.32 bits per heavy atom. The van der Waals surface area contributed by atoms with Gasteiger partial charge >= 0.3 is 0 Å². The van der Waals surface area contributed by atoms with Crippen LogP contribution in [0.3, 0.4) is 0 Å². The Morgan fingerprint density at radius 1 is 1.07 bits per heavy atom. The fourth-order valence-electron chi connectivity index (χ4n) is 4.26. The van der Waals surface area contributed by atoms with Gasteiger partial charge in [-0.2, -0.15) is 0 Å². The zero-order valence-electron chi connectivity index (χ0n) is 17.9. The average Bonchev–Trinajstić information content (AvgIpc) is 2.71. The van der Waals surface area contributed by atoms with E-state index in [1.54, 1.807) is 14.2 Å². The largest absolute Gasteiger partial charge is 0.493 e. The van der Waals surface area contributed by atoms with Gasteiger partial charge in [-0.05, 0) is 88.6 Å². The molecular weight excluding hydrogens is 354 g/mol. The molecular formula is C22H35N3O3. The first-order valence-corrected chi connectivity index (χ1v) is 10.4. The Labute approximate surface area is 169 Å². The number of methoxy groups -OCH3 is 2. The third-order valence-corrected chi connectivity index (χ3v) is 6.12. The molecule has 0 atom stereocenters. The number of benzene rings is 1. The van der Waals surface area contributed by atoms with E-state index in [1.807, 2.05) is 11.0 Å². The normalized spacial score (nSPS) is 18.2. The molecule has 0 saturated carbocycles. The van der Waals surface area contributed by atoms with Gasteiger partial charge in [-0.15, -0.1) is 0 Å². The predicted octanol–water partition coefficient (Wildman–Crippen LogP) is 2.25. The lowest BCUT2D eigenvalue weighted by Crippen LogP contribution is -2.45. The maximum absolute atomic E-state index is 12.9. The van der Waals surface area contributed by atoms with Gasteiger partial charge in [0, 0.05) is 13.1 Å². The van der Waals surface area contributed by atoms with Crippen molar-refractivity contribution in [1.82, 2.24) is 14.7 Å². The summed E-state index contributed by atoms with van der Waals surface area (Å²) in [6, 6.07) is 4.07. The van der Waals surface area contributed by atoms with Crippen LogP contribution in [-0.2, 0) is 17.8 Å². The maximum Gasteiger partial charge on any atom is 0.237 e. The van der Waals surface area contributed by atoms with Crippen LogP contribution in [0.15, 0.2) is 12.1 Å². The first kappa shape index (κ1) is 20.9. The molecule has 2 aliphatic rings. The second kappa shape index (κ2) is 9.61. The number of piperidine rings is 1. The minimum absolute atomic E-state index is 0.243. The van der Waals surface area contributed by atoms with Crippen LogP contribution in [0.2, 0.25) is 0 Å². The van der Waals surface area contributed by atoms with Gasteiger partial charge in [0.25, 0.3) is 0 Å². The summed E-state index contributed by atoms with van der Waals surface area (Å²) in [7, 11) is 7.58. The molecule has 2 heterocycles. The summed E-state index contributed by atoms with van der Waals surface area (Å²) in [6.07, 6.45) is 4.55. The van der Waals surface area contributed by atoms with Crippen molar-refractivity contribution in [2.45, 2.75) is 32.2 Å². The van der Waals surface area contributed by atoms with Crippen molar-refractivity contribution in [1.29, 1.82) is 0 Å². The summed E-state index contributed by atoms with van der Waals surface area (Å²) in [4.78, 5) is 19.5. The average molecular weight is 390 g/mol. The van der Waals surface area contributed by atoms with Crippen molar-refractivity contribution in [3.8, 4) is 11.5 Å². The highest BCUT2D eigenvalue weighted by Crippen LogP contribution is 2.33. The molecule has 0 aromatic heterocycles. The van der Waals surface area contributed by atoms with Crippen LogP contribution in [0.1, 0.15) is 30.4 Å². The summed E-state index contributed by atoms with van der Waals surface area (Å²) in [6.45, 7) is 5.22. The highest BCUT2D eigenvalue weighted by molar-refractivity contribution is 5.78. The molecule has 2 aliphatic heterocycles. The van der Waals surface area contributed by atoms with E-state index < -0.39 is 0 Å². The van der Waals surface area contributed by atoms with E-state index in [4.69, 9.17) is 9.47 Å². The Hall–Kier alpha value is -1.79. The molecule has 1 aromatic carbocycles. The van der Waals surface area contributed by atoms with Crippen molar-refractivity contribution in [2.24, 2.45) is 5.92 Å². The first-order chi connectivity index (χ1) is 13.5. The number of carbonyl (C=O) groups excluding carboxylic acids is 1. The van der Waals surface area contributed by atoms with Gasteiger partial charge in [-0.3, -0.25) is 9.69 Å². The van der Waals surface area contributed by atoms with Crippen LogP contribution in [-0.4, -0.2) is 81.6 Å². The number of ether oxygens (including phenoxy) is 2. The van der Waals surface area contributed by atoms with Crippen LogP contribution in [0.4, 0.5) is 0 Å². The second-order valence-electron chi connectivity index (χ2n) is 8.35. The van der Waals surface area contributed by atoms with Crippen molar-refractivity contribution >= 4 is 5.91 Å². The number of hydrogen-bond donors (Lipinski definition) is 0. The summed E-state index contributed by atoms with van der Waals surface area (Å²) < 4.78 is 10.8. The highest BCUT2D eigenvalue weighted by Gasteiger charge is 2.26. The minimum Gasteiger partial charge on any atom is -0.493 e. The summed E-state index contributed by atoms with van der Waals surface area (Å²) in [5.74, 6) is 2.54. The molecule has 0 radical (unpaired) electrons.